The zero-order valence-electron chi connectivity index (χ0n) is 13.0. The van der Waals surface area contributed by atoms with Gasteiger partial charge in [0.2, 0.25) is 0 Å². The number of furan rings is 1. The van der Waals surface area contributed by atoms with Crippen LogP contribution in [0.1, 0.15) is 56.7 Å². The second-order valence-electron chi connectivity index (χ2n) is 6.29. The van der Waals surface area contributed by atoms with E-state index in [1.54, 1.807) is 6.26 Å². The van der Waals surface area contributed by atoms with Gasteiger partial charge in [-0.25, -0.2) is 4.98 Å². The van der Waals surface area contributed by atoms with Gasteiger partial charge in [-0.1, -0.05) is 19.8 Å². The minimum absolute atomic E-state index is 0.0315. The quantitative estimate of drug-likeness (QED) is 0.881. The van der Waals surface area contributed by atoms with Crippen LogP contribution in [0.3, 0.4) is 0 Å². The Labute approximate surface area is 126 Å². The highest BCUT2D eigenvalue weighted by Gasteiger charge is 2.33. The Morgan fingerprint density at radius 2 is 2.24 bits per heavy atom. The molecular weight excluding hydrogens is 262 g/mol. The molecule has 0 bridgehead atoms. The number of imidazole rings is 1. The summed E-state index contributed by atoms with van der Waals surface area (Å²) in [5, 5.41) is 3.72. The summed E-state index contributed by atoms with van der Waals surface area (Å²) in [6.07, 6.45) is 12.2. The summed E-state index contributed by atoms with van der Waals surface area (Å²) in [7, 11) is 2.03. The molecule has 114 valence electrons. The maximum Gasteiger partial charge on any atom is 0.133 e. The lowest BCUT2D eigenvalue weighted by molar-refractivity contribution is 0.253. The normalized spacial score (nSPS) is 19.0. The van der Waals surface area contributed by atoms with Crippen molar-refractivity contribution in [1.82, 2.24) is 14.9 Å². The molecule has 4 heteroatoms. The van der Waals surface area contributed by atoms with E-state index in [-0.39, 0.29) is 6.04 Å². The molecule has 21 heavy (non-hydrogen) atoms. The van der Waals surface area contributed by atoms with Crippen molar-refractivity contribution >= 4 is 0 Å². The van der Waals surface area contributed by atoms with Crippen molar-refractivity contribution in [3.63, 3.8) is 0 Å². The summed E-state index contributed by atoms with van der Waals surface area (Å²) in [5.74, 6) is 1.95. The maximum absolute atomic E-state index is 5.64. The lowest BCUT2D eigenvalue weighted by atomic mass is 9.83. The molecule has 2 aromatic rings. The highest BCUT2D eigenvalue weighted by Crippen LogP contribution is 2.40. The molecular formula is C17H25N3O. The van der Waals surface area contributed by atoms with E-state index in [4.69, 9.17) is 4.42 Å². The van der Waals surface area contributed by atoms with Gasteiger partial charge in [0.15, 0.2) is 0 Å². The first-order chi connectivity index (χ1) is 10.2. The first kappa shape index (κ1) is 14.4. The Balaban J connectivity index is 1.79. The van der Waals surface area contributed by atoms with Gasteiger partial charge in [0.25, 0.3) is 0 Å². The monoisotopic (exact) mass is 287 g/mol. The smallest absolute Gasteiger partial charge is 0.133 e. The fourth-order valence-corrected chi connectivity index (χ4v) is 3.53. The molecule has 2 heterocycles. The van der Waals surface area contributed by atoms with Gasteiger partial charge in [0.05, 0.1) is 6.26 Å². The van der Waals surface area contributed by atoms with Crippen molar-refractivity contribution < 1.29 is 4.42 Å². The molecule has 2 aromatic heterocycles. The van der Waals surface area contributed by atoms with Crippen molar-refractivity contribution in [2.24, 2.45) is 12.5 Å². The van der Waals surface area contributed by atoms with Crippen LogP contribution >= 0.6 is 0 Å². The first-order valence-corrected chi connectivity index (χ1v) is 7.98. The van der Waals surface area contributed by atoms with E-state index in [1.807, 2.05) is 31.6 Å². The van der Waals surface area contributed by atoms with E-state index in [0.717, 1.165) is 18.1 Å². The third-order valence-corrected chi connectivity index (χ3v) is 5.04. The molecule has 0 amide bonds. The van der Waals surface area contributed by atoms with Crippen LogP contribution in [-0.4, -0.2) is 16.1 Å². The molecule has 0 aromatic carbocycles. The van der Waals surface area contributed by atoms with E-state index in [1.165, 1.54) is 32.1 Å². The van der Waals surface area contributed by atoms with Crippen LogP contribution in [0.25, 0.3) is 0 Å². The van der Waals surface area contributed by atoms with Crippen molar-refractivity contribution in [3.05, 3.63) is 42.4 Å². The lowest BCUT2D eigenvalue weighted by Gasteiger charge is -2.30. The predicted molar refractivity (Wildman–Crippen MR) is 83.0 cm³/mol. The van der Waals surface area contributed by atoms with Crippen LogP contribution in [0.2, 0.25) is 0 Å². The van der Waals surface area contributed by atoms with E-state index < -0.39 is 0 Å². The largest absolute Gasteiger partial charge is 0.467 e. The van der Waals surface area contributed by atoms with E-state index in [9.17, 15) is 0 Å². The van der Waals surface area contributed by atoms with Gasteiger partial charge in [-0.05, 0) is 36.8 Å². The van der Waals surface area contributed by atoms with E-state index in [0.29, 0.717) is 5.41 Å². The third kappa shape index (κ3) is 2.91. The fraction of sp³-hybridized carbons (Fsp3) is 0.588. The molecule has 1 fully saturated rings. The number of aryl methyl sites for hydroxylation is 1. The summed E-state index contributed by atoms with van der Waals surface area (Å²) in [4.78, 5) is 4.51. The summed E-state index contributed by atoms with van der Waals surface area (Å²) in [6, 6.07) is 4.00. The molecule has 0 spiro atoms. The van der Waals surface area contributed by atoms with Crippen LogP contribution in [0, 0.1) is 5.41 Å². The topological polar surface area (TPSA) is 43.0 Å². The molecule has 4 nitrogen and oxygen atoms in total. The van der Waals surface area contributed by atoms with Crippen LogP contribution in [0.15, 0.2) is 35.2 Å². The standard InChI is InChI=1S/C17H25N3O/c1-3-17(8-4-5-9-17)13-19-15(14-7-6-12-21-14)16-18-10-11-20(16)2/h6-7,10-12,15,19H,3-5,8-9,13H2,1-2H3. The van der Waals surface area contributed by atoms with E-state index in [2.05, 4.69) is 21.8 Å². The molecule has 1 N–H and O–H groups in total. The summed E-state index contributed by atoms with van der Waals surface area (Å²) < 4.78 is 7.70. The molecule has 3 rings (SSSR count). The predicted octanol–water partition coefficient (Wildman–Crippen LogP) is 3.66. The minimum Gasteiger partial charge on any atom is -0.467 e. The van der Waals surface area contributed by atoms with Gasteiger partial charge >= 0.3 is 0 Å². The lowest BCUT2D eigenvalue weighted by Crippen LogP contribution is -2.35. The molecule has 1 aliphatic carbocycles. The number of hydrogen-bond donors (Lipinski definition) is 1. The second-order valence-corrected chi connectivity index (χ2v) is 6.29. The summed E-state index contributed by atoms with van der Waals surface area (Å²) >= 11 is 0. The Hall–Kier alpha value is -1.55. The molecule has 0 radical (unpaired) electrons. The second kappa shape index (κ2) is 6.06. The van der Waals surface area contributed by atoms with Crippen LogP contribution in [0.5, 0.6) is 0 Å². The Kier molecular flexibility index (Phi) is 4.15. The Morgan fingerprint density at radius 3 is 2.81 bits per heavy atom. The fourth-order valence-electron chi connectivity index (χ4n) is 3.53. The van der Waals surface area contributed by atoms with Crippen molar-refractivity contribution in [2.75, 3.05) is 6.54 Å². The van der Waals surface area contributed by atoms with Crippen molar-refractivity contribution in [1.29, 1.82) is 0 Å². The van der Waals surface area contributed by atoms with Gasteiger partial charge < -0.3 is 14.3 Å². The Bertz CT molecular complexity index is 552. The Morgan fingerprint density at radius 1 is 1.43 bits per heavy atom. The minimum atomic E-state index is 0.0315. The van der Waals surface area contributed by atoms with Crippen LogP contribution in [0.4, 0.5) is 0 Å². The van der Waals surface area contributed by atoms with Gasteiger partial charge in [-0.15, -0.1) is 0 Å². The highest BCUT2D eigenvalue weighted by molar-refractivity contribution is 5.16. The summed E-state index contributed by atoms with van der Waals surface area (Å²) in [6.45, 7) is 3.34. The maximum atomic E-state index is 5.64. The van der Waals surface area contributed by atoms with Gasteiger partial charge in [0, 0.05) is 26.0 Å². The van der Waals surface area contributed by atoms with Gasteiger partial charge in [-0.2, -0.15) is 0 Å². The van der Waals surface area contributed by atoms with E-state index >= 15 is 0 Å². The first-order valence-electron chi connectivity index (χ1n) is 7.98. The van der Waals surface area contributed by atoms with Crippen molar-refractivity contribution in [2.45, 2.75) is 45.1 Å². The average Bonchev–Trinajstić information content (AvgIpc) is 3.22. The number of aromatic nitrogens is 2. The number of nitrogens with zero attached hydrogens (tertiary/aromatic N) is 2. The summed E-state index contributed by atoms with van der Waals surface area (Å²) in [5.41, 5.74) is 0.454. The average molecular weight is 287 g/mol. The number of hydrogen-bond acceptors (Lipinski definition) is 3. The molecule has 1 saturated carbocycles. The molecule has 0 aliphatic heterocycles. The zero-order chi connectivity index (χ0) is 14.7. The van der Waals surface area contributed by atoms with Gasteiger partial charge in [0.1, 0.15) is 17.6 Å². The van der Waals surface area contributed by atoms with Crippen molar-refractivity contribution in [3.8, 4) is 0 Å². The SMILES string of the molecule is CCC1(CNC(c2ccco2)c2nccn2C)CCCC1. The number of nitrogens with one attached hydrogen (secondary N) is 1. The third-order valence-electron chi connectivity index (χ3n) is 5.04. The zero-order valence-corrected chi connectivity index (χ0v) is 13.0. The number of rotatable bonds is 6. The molecule has 1 aliphatic rings. The highest BCUT2D eigenvalue weighted by atomic mass is 16.3. The molecule has 0 saturated heterocycles. The molecule has 1 atom stereocenters. The van der Waals surface area contributed by atoms with Crippen LogP contribution in [-0.2, 0) is 7.05 Å². The van der Waals surface area contributed by atoms with Gasteiger partial charge in [-0.3, -0.25) is 0 Å². The molecule has 1 unspecified atom stereocenters. The van der Waals surface area contributed by atoms with Crippen LogP contribution < -0.4 is 5.32 Å².